The van der Waals surface area contributed by atoms with E-state index >= 15 is 0 Å². The molecular weight excluding hydrogens is 754 g/mol. The predicted molar refractivity (Wildman–Crippen MR) is 201 cm³/mol. The normalized spacial score (nSPS) is 31.7. The van der Waals surface area contributed by atoms with Crippen LogP contribution in [0.3, 0.4) is 0 Å². The van der Waals surface area contributed by atoms with E-state index in [0.717, 1.165) is 17.6 Å². The summed E-state index contributed by atoms with van der Waals surface area (Å²) >= 11 is 22.9. The lowest BCUT2D eigenvalue weighted by molar-refractivity contribution is -0.158. The number of hydrogen-bond donors (Lipinski definition) is 0. The Bertz CT molecular complexity index is 1450. The van der Waals surface area contributed by atoms with Crippen LogP contribution in [0.1, 0.15) is 85.5 Å². The molecule has 13 heteroatoms. The zero-order valence-corrected chi connectivity index (χ0v) is 33.4. The molecule has 0 unspecified atom stereocenters. The second kappa shape index (κ2) is 19.5. The number of fused-ring (bicyclic) bond motifs is 1. The number of alkyl halides is 4. The maximum atomic E-state index is 13.4. The van der Waals surface area contributed by atoms with Gasteiger partial charge in [0, 0.05) is 17.4 Å². The summed E-state index contributed by atoms with van der Waals surface area (Å²) in [7, 11) is 0. The zero-order valence-electron chi connectivity index (χ0n) is 30.4. The van der Waals surface area contributed by atoms with Gasteiger partial charge in [0.25, 0.3) is 0 Å². The molecule has 1 aromatic carbocycles. The molecule has 2 saturated heterocycles. The van der Waals surface area contributed by atoms with E-state index in [1.165, 1.54) is 0 Å². The standard InChI is InChI=1S/C39H50Cl4O9/c1-7-28(49-37(46)35(42)43)25(5)33-29(48-33)20-22(2)12-11-13-23(3)32-24(4)16-17-30-39(6,52-38(50-30)26-14-9-8-10-15-26)19-18-27(21-31(44)51-32)47-36(45)34(40)41/h8-17,22,24-25,27-30,32-35,38H,7,18-21H2,1-6H3/t22-,24+,25-,27-,28+,29-,30+,32-,33-,38+,39-/m1/s1. The van der Waals surface area contributed by atoms with E-state index in [9.17, 15) is 14.4 Å². The van der Waals surface area contributed by atoms with Crippen LogP contribution in [0.2, 0.25) is 0 Å². The van der Waals surface area contributed by atoms with Gasteiger partial charge in [0.15, 0.2) is 6.29 Å². The number of carbonyl (C=O) groups excluding carboxylic acids is 3. The molecule has 0 aliphatic carbocycles. The van der Waals surface area contributed by atoms with Gasteiger partial charge < -0.3 is 28.4 Å². The highest BCUT2D eigenvalue weighted by atomic mass is 35.5. The molecule has 11 atom stereocenters. The van der Waals surface area contributed by atoms with Crippen molar-refractivity contribution in [1.29, 1.82) is 0 Å². The third-order valence-corrected chi connectivity index (χ3v) is 10.6. The molecule has 3 aliphatic heterocycles. The number of halogens is 4. The lowest BCUT2D eigenvalue weighted by Crippen LogP contribution is -2.38. The van der Waals surface area contributed by atoms with E-state index in [1.807, 2.05) is 89.3 Å². The van der Waals surface area contributed by atoms with Crippen LogP contribution in [0.4, 0.5) is 0 Å². The first kappa shape index (κ1) is 42.6. The van der Waals surface area contributed by atoms with Crippen LogP contribution >= 0.6 is 46.4 Å². The minimum Gasteiger partial charge on any atom is -0.460 e. The highest BCUT2D eigenvalue weighted by Gasteiger charge is 2.47. The number of allylic oxidation sites excluding steroid dienone is 3. The molecule has 0 aromatic heterocycles. The molecule has 0 amide bonds. The SMILES string of the molecule is CC[C@H](OC(=O)C(Cl)Cl)[C@@H](C)[C@H]1O[C@@H]1C[C@H](C)C=CC=C(C)[C@H]1OC(=O)C[C@H](OC(=O)C(Cl)Cl)CC[C@@]2(C)O[C@@H](c3ccccc3)O[C@H]2C=C[C@@H]1C. The van der Waals surface area contributed by atoms with E-state index in [1.54, 1.807) is 0 Å². The van der Waals surface area contributed by atoms with Crippen molar-refractivity contribution in [3.63, 3.8) is 0 Å². The lowest BCUT2D eigenvalue weighted by atomic mass is 9.89. The third-order valence-electron chi connectivity index (χ3n) is 9.89. The topological polar surface area (TPSA) is 110 Å². The van der Waals surface area contributed by atoms with Crippen LogP contribution in [-0.4, -0.2) is 69.8 Å². The van der Waals surface area contributed by atoms with Gasteiger partial charge >= 0.3 is 17.9 Å². The molecule has 288 valence electrons. The summed E-state index contributed by atoms with van der Waals surface area (Å²) in [6.45, 7) is 11.9. The van der Waals surface area contributed by atoms with Crippen LogP contribution in [0.15, 0.2) is 66.3 Å². The summed E-state index contributed by atoms with van der Waals surface area (Å²) in [5.41, 5.74) is 0.926. The molecule has 1 aromatic rings. The molecule has 0 saturated carbocycles. The van der Waals surface area contributed by atoms with Crippen molar-refractivity contribution >= 4 is 64.3 Å². The summed E-state index contributed by atoms with van der Waals surface area (Å²) in [6, 6.07) is 9.67. The first-order valence-corrected chi connectivity index (χ1v) is 19.6. The maximum Gasteiger partial charge on any atom is 0.339 e. The van der Waals surface area contributed by atoms with Crippen molar-refractivity contribution < 1.29 is 42.8 Å². The van der Waals surface area contributed by atoms with Gasteiger partial charge in [-0.25, -0.2) is 9.59 Å². The largest absolute Gasteiger partial charge is 0.460 e. The van der Waals surface area contributed by atoms with Crippen molar-refractivity contribution in [3.8, 4) is 0 Å². The molecule has 0 spiro atoms. The van der Waals surface area contributed by atoms with E-state index in [2.05, 4.69) is 13.0 Å². The maximum absolute atomic E-state index is 13.4. The van der Waals surface area contributed by atoms with E-state index in [0.29, 0.717) is 19.3 Å². The zero-order chi connectivity index (χ0) is 38.2. The minimum absolute atomic E-state index is 0.00705. The van der Waals surface area contributed by atoms with Crippen molar-refractivity contribution in [3.05, 3.63) is 71.8 Å². The third kappa shape index (κ3) is 11.9. The van der Waals surface area contributed by atoms with Crippen LogP contribution < -0.4 is 0 Å². The number of hydrogen-bond acceptors (Lipinski definition) is 9. The monoisotopic (exact) mass is 802 g/mol. The fourth-order valence-corrected chi connectivity index (χ4v) is 6.98. The smallest absolute Gasteiger partial charge is 0.339 e. The highest BCUT2D eigenvalue weighted by Crippen LogP contribution is 2.43. The predicted octanol–water partition coefficient (Wildman–Crippen LogP) is 8.92. The molecular formula is C39H50Cl4O9. The number of ether oxygens (including phenoxy) is 6. The van der Waals surface area contributed by atoms with Gasteiger partial charge in [-0.05, 0) is 51.0 Å². The lowest BCUT2D eigenvalue weighted by Gasteiger charge is -2.31. The Morgan fingerprint density at radius 2 is 1.73 bits per heavy atom. The van der Waals surface area contributed by atoms with Crippen LogP contribution in [0.5, 0.6) is 0 Å². The van der Waals surface area contributed by atoms with Gasteiger partial charge in [-0.3, -0.25) is 4.79 Å². The minimum atomic E-state index is -1.39. The van der Waals surface area contributed by atoms with E-state index in [4.69, 9.17) is 74.8 Å². The molecule has 9 nitrogen and oxygen atoms in total. The van der Waals surface area contributed by atoms with Crippen LogP contribution in [0.25, 0.3) is 0 Å². The Morgan fingerprint density at radius 1 is 1.04 bits per heavy atom. The summed E-state index contributed by atoms with van der Waals surface area (Å²) in [5.74, 6) is -2.06. The van der Waals surface area contributed by atoms with Crippen LogP contribution in [0, 0.1) is 17.8 Å². The summed E-state index contributed by atoms with van der Waals surface area (Å²) in [6.07, 6.45) is 9.08. The Hall–Kier alpha value is -2.11. The van der Waals surface area contributed by atoms with Gasteiger partial charge in [-0.15, -0.1) is 0 Å². The molecule has 4 rings (SSSR count). The fraction of sp³-hybridized carbons (Fsp3) is 0.615. The Labute approximate surface area is 327 Å². The number of cyclic esters (lactones) is 1. The average molecular weight is 805 g/mol. The summed E-state index contributed by atoms with van der Waals surface area (Å²) < 4.78 is 36.0. The first-order valence-electron chi connectivity index (χ1n) is 17.9. The second-order valence-corrected chi connectivity index (χ2v) is 16.4. The van der Waals surface area contributed by atoms with Gasteiger partial charge in [-0.1, -0.05) is 135 Å². The number of benzene rings is 1. The quantitative estimate of drug-likeness (QED) is 0.0482. The summed E-state index contributed by atoms with van der Waals surface area (Å²) in [4.78, 5) is 35.1. The number of esters is 3. The highest BCUT2D eigenvalue weighted by molar-refractivity contribution is 6.53. The first-order chi connectivity index (χ1) is 24.6. The number of epoxide rings is 1. The second-order valence-electron chi connectivity index (χ2n) is 14.2. The van der Waals surface area contributed by atoms with Gasteiger partial charge in [-0.2, -0.15) is 0 Å². The Balaban J connectivity index is 1.46. The molecule has 3 aliphatic rings. The van der Waals surface area contributed by atoms with Crippen molar-refractivity contribution in [2.75, 3.05) is 0 Å². The number of rotatable bonds is 13. The average Bonchev–Trinajstić information content (AvgIpc) is 3.78. The van der Waals surface area contributed by atoms with Crippen molar-refractivity contribution in [1.82, 2.24) is 0 Å². The molecule has 52 heavy (non-hydrogen) atoms. The van der Waals surface area contributed by atoms with Gasteiger partial charge in [0.05, 0.1) is 24.2 Å². The Morgan fingerprint density at radius 3 is 2.38 bits per heavy atom. The van der Waals surface area contributed by atoms with Gasteiger partial charge in [0.2, 0.25) is 9.67 Å². The Kier molecular flexibility index (Phi) is 16.0. The van der Waals surface area contributed by atoms with Gasteiger partial charge in [0.1, 0.15) is 24.4 Å². The van der Waals surface area contributed by atoms with Crippen molar-refractivity contribution in [2.24, 2.45) is 17.8 Å². The van der Waals surface area contributed by atoms with E-state index in [-0.39, 0.29) is 42.5 Å². The van der Waals surface area contributed by atoms with Crippen LogP contribution in [-0.2, 0) is 42.8 Å². The molecule has 0 N–H and O–H groups in total. The number of carbonyl (C=O) groups is 3. The molecule has 2 fully saturated rings. The van der Waals surface area contributed by atoms with Crippen molar-refractivity contribution in [2.45, 2.75) is 132 Å². The summed E-state index contributed by atoms with van der Waals surface area (Å²) in [5, 5.41) is 0. The fourth-order valence-electron chi connectivity index (χ4n) is 6.78. The molecule has 0 bridgehead atoms. The molecule has 0 radical (unpaired) electrons. The van der Waals surface area contributed by atoms with E-state index < -0.39 is 57.8 Å². The molecule has 3 heterocycles.